The topological polar surface area (TPSA) is 58.6 Å². The van der Waals surface area contributed by atoms with E-state index in [0.717, 1.165) is 19.3 Å². The number of ether oxygens (including phenoxy) is 1. The summed E-state index contributed by atoms with van der Waals surface area (Å²) >= 11 is 0. The number of nitrogens with one attached hydrogen (secondary N) is 1. The molecule has 1 fully saturated rings. The van der Waals surface area contributed by atoms with Crippen molar-refractivity contribution in [3.8, 4) is 12.3 Å². The number of aliphatic hydroxyl groups is 1. The minimum absolute atomic E-state index is 0.0331. The average molecular weight is 183 g/mol. The van der Waals surface area contributed by atoms with Gasteiger partial charge in [0, 0.05) is 0 Å². The molecule has 1 saturated carbocycles. The summed E-state index contributed by atoms with van der Waals surface area (Å²) in [4.78, 5) is 11.0. The van der Waals surface area contributed by atoms with E-state index in [1.807, 2.05) is 0 Å². The van der Waals surface area contributed by atoms with Gasteiger partial charge in [-0.15, -0.1) is 6.42 Å². The molecule has 2 unspecified atom stereocenters. The maximum Gasteiger partial charge on any atom is 0.408 e. The van der Waals surface area contributed by atoms with E-state index in [2.05, 4.69) is 16.0 Å². The monoisotopic (exact) mass is 183 g/mol. The van der Waals surface area contributed by atoms with Crippen LogP contribution in [0.2, 0.25) is 0 Å². The molecule has 1 aliphatic carbocycles. The SMILES string of the molecule is C#CCOC(=O)NC1CCCC1O. The number of hydrogen-bond acceptors (Lipinski definition) is 3. The molecule has 1 amide bonds. The average Bonchev–Trinajstić information content (AvgIpc) is 2.48. The van der Waals surface area contributed by atoms with Crippen molar-refractivity contribution in [2.45, 2.75) is 31.4 Å². The summed E-state index contributed by atoms with van der Waals surface area (Å²) in [7, 11) is 0. The van der Waals surface area contributed by atoms with Crippen LogP contribution in [0.1, 0.15) is 19.3 Å². The van der Waals surface area contributed by atoms with Crippen LogP contribution in [0.3, 0.4) is 0 Å². The highest BCUT2D eigenvalue weighted by Crippen LogP contribution is 2.18. The van der Waals surface area contributed by atoms with Crippen molar-refractivity contribution < 1.29 is 14.6 Å². The highest BCUT2D eigenvalue weighted by Gasteiger charge is 2.26. The first-order chi connectivity index (χ1) is 6.24. The van der Waals surface area contributed by atoms with Crippen LogP contribution in [0, 0.1) is 12.3 Å². The van der Waals surface area contributed by atoms with Crippen LogP contribution < -0.4 is 5.32 Å². The number of terminal acetylenes is 1. The van der Waals surface area contributed by atoms with Gasteiger partial charge in [-0.2, -0.15) is 0 Å². The Morgan fingerprint density at radius 2 is 2.46 bits per heavy atom. The van der Waals surface area contributed by atoms with Gasteiger partial charge in [0.15, 0.2) is 6.61 Å². The molecule has 4 nitrogen and oxygen atoms in total. The molecule has 4 heteroatoms. The van der Waals surface area contributed by atoms with Gasteiger partial charge < -0.3 is 15.2 Å². The van der Waals surface area contributed by atoms with Crippen molar-refractivity contribution >= 4 is 6.09 Å². The number of amides is 1. The summed E-state index contributed by atoms with van der Waals surface area (Å²) in [6.07, 6.45) is 6.38. The number of rotatable bonds is 2. The number of carbonyl (C=O) groups excluding carboxylic acids is 1. The van der Waals surface area contributed by atoms with E-state index in [1.165, 1.54) is 0 Å². The van der Waals surface area contributed by atoms with Gasteiger partial charge in [0.1, 0.15) is 0 Å². The van der Waals surface area contributed by atoms with Crippen LogP contribution in [-0.4, -0.2) is 30.0 Å². The van der Waals surface area contributed by atoms with Gasteiger partial charge >= 0.3 is 6.09 Å². The second-order valence-electron chi connectivity index (χ2n) is 3.03. The largest absolute Gasteiger partial charge is 0.436 e. The minimum Gasteiger partial charge on any atom is -0.436 e. The van der Waals surface area contributed by atoms with Crippen LogP contribution in [0.25, 0.3) is 0 Å². The Morgan fingerprint density at radius 1 is 1.69 bits per heavy atom. The third-order valence-corrected chi connectivity index (χ3v) is 2.07. The molecular weight excluding hydrogens is 170 g/mol. The van der Waals surface area contributed by atoms with E-state index >= 15 is 0 Å². The highest BCUT2D eigenvalue weighted by molar-refractivity contribution is 5.67. The van der Waals surface area contributed by atoms with Gasteiger partial charge in [-0.1, -0.05) is 5.92 Å². The van der Waals surface area contributed by atoms with Crippen molar-refractivity contribution in [2.24, 2.45) is 0 Å². The lowest BCUT2D eigenvalue weighted by Gasteiger charge is -2.15. The van der Waals surface area contributed by atoms with E-state index < -0.39 is 12.2 Å². The van der Waals surface area contributed by atoms with E-state index in [9.17, 15) is 9.90 Å². The van der Waals surface area contributed by atoms with Crippen molar-refractivity contribution in [1.29, 1.82) is 0 Å². The Bertz CT molecular complexity index is 221. The summed E-state index contributed by atoms with van der Waals surface area (Å²) in [6, 6.07) is -0.176. The van der Waals surface area contributed by atoms with E-state index in [4.69, 9.17) is 6.42 Å². The highest BCUT2D eigenvalue weighted by atomic mass is 16.5. The van der Waals surface area contributed by atoms with Crippen molar-refractivity contribution in [3.63, 3.8) is 0 Å². The first kappa shape index (κ1) is 9.87. The lowest BCUT2D eigenvalue weighted by molar-refractivity contribution is 0.124. The molecule has 72 valence electrons. The molecule has 0 aliphatic heterocycles. The normalized spacial score (nSPS) is 26.5. The van der Waals surface area contributed by atoms with Gasteiger partial charge in [-0.05, 0) is 19.3 Å². The zero-order valence-corrected chi connectivity index (χ0v) is 7.32. The second-order valence-corrected chi connectivity index (χ2v) is 3.03. The zero-order chi connectivity index (χ0) is 9.68. The molecule has 2 atom stereocenters. The Hall–Kier alpha value is -1.21. The number of hydrogen-bond donors (Lipinski definition) is 2. The molecule has 0 aromatic heterocycles. The van der Waals surface area contributed by atoms with E-state index in [1.54, 1.807) is 0 Å². The fourth-order valence-corrected chi connectivity index (χ4v) is 1.41. The number of aliphatic hydroxyl groups excluding tert-OH is 1. The molecule has 0 spiro atoms. The van der Waals surface area contributed by atoms with Gasteiger partial charge in [-0.25, -0.2) is 4.79 Å². The van der Waals surface area contributed by atoms with Crippen LogP contribution in [-0.2, 0) is 4.74 Å². The standard InChI is InChI=1S/C9H13NO3/c1-2-6-13-9(12)10-7-4-3-5-8(7)11/h1,7-8,11H,3-6H2,(H,10,12). The van der Waals surface area contributed by atoms with Gasteiger partial charge in [-0.3, -0.25) is 0 Å². The molecular formula is C9H13NO3. The van der Waals surface area contributed by atoms with Crippen LogP contribution in [0.15, 0.2) is 0 Å². The predicted octanol–water partition coefficient (Wildman–Crippen LogP) is 0.259. The summed E-state index contributed by atoms with van der Waals surface area (Å²) in [5.74, 6) is 2.19. The summed E-state index contributed by atoms with van der Waals surface area (Å²) in [6.45, 7) is -0.0331. The zero-order valence-electron chi connectivity index (χ0n) is 7.32. The minimum atomic E-state index is -0.552. The Kier molecular flexibility index (Phi) is 3.59. The van der Waals surface area contributed by atoms with Crippen LogP contribution in [0.5, 0.6) is 0 Å². The second kappa shape index (κ2) is 4.73. The number of carbonyl (C=O) groups is 1. The maximum absolute atomic E-state index is 11.0. The maximum atomic E-state index is 11.0. The van der Waals surface area contributed by atoms with Gasteiger partial charge in [0.05, 0.1) is 12.1 Å². The lowest BCUT2D eigenvalue weighted by atomic mass is 10.2. The molecule has 0 radical (unpaired) electrons. The molecule has 1 aliphatic rings. The molecule has 13 heavy (non-hydrogen) atoms. The first-order valence-corrected chi connectivity index (χ1v) is 4.29. The summed E-state index contributed by atoms with van der Waals surface area (Å²) < 4.78 is 4.60. The molecule has 0 bridgehead atoms. The summed E-state index contributed by atoms with van der Waals surface area (Å²) in [5, 5.41) is 11.9. The molecule has 0 saturated heterocycles. The molecule has 0 aromatic rings. The predicted molar refractivity (Wildman–Crippen MR) is 47.0 cm³/mol. The van der Waals surface area contributed by atoms with Crippen LogP contribution in [0.4, 0.5) is 4.79 Å². The first-order valence-electron chi connectivity index (χ1n) is 4.29. The Labute approximate surface area is 77.3 Å². The lowest BCUT2D eigenvalue weighted by Crippen LogP contribution is -2.40. The van der Waals surface area contributed by atoms with Gasteiger partial charge in [0.25, 0.3) is 0 Å². The Morgan fingerprint density at radius 3 is 3.00 bits per heavy atom. The third-order valence-electron chi connectivity index (χ3n) is 2.07. The summed E-state index contributed by atoms with van der Waals surface area (Å²) in [5.41, 5.74) is 0. The van der Waals surface area contributed by atoms with Gasteiger partial charge in [0.2, 0.25) is 0 Å². The van der Waals surface area contributed by atoms with Crippen molar-refractivity contribution in [3.05, 3.63) is 0 Å². The fraction of sp³-hybridized carbons (Fsp3) is 0.667. The van der Waals surface area contributed by atoms with Crippen molar-refractivity contribution in [2.75, 3.05) is 6.61 Å². The molecule has 1 rings (SSSR count). The fourth-order valence-electron chi connectivity index (χ4n) is 1.41. The Balaban J connectivity index is 2.24. The molecule has 0 aromatic carbocycles. The molecule has 2 N–H and O–H groups in total. The van der Waals surface area contributed by atoms with Crippen LogP contribution >= 0.6 is 0 Å². The van der Waals surface area contributed by atoms with E-state index in [0.29, 0.717) is 0 Å². The molecule has 0 heterocycles. The number of alkyl carbamates (subject to hydrolysis) is 1. The van der Waals surface area contributed by atoms with E-state index in [-0.39, 0.29) is 12.6 Å². The quantitative estimate of drug-likeness (QED) is 0.604. The van der Waals surface area contributed by atoms with Crippen molar-refractivity contribution in [1.82, 2.24) is 5.32 Å². The third kappa shape index (κ3) is 2.96. The smallest absolute Gasteiger partial charge is 0.408 e.